The number of carboxylic acid groups (broad SMARTS) is 1. The number of ether oxygens (including phenoxy) is 3. The summed E-state index contributed by atoms with van der Waals surface area (Å²) in [5.74, 6) is 0.946. The molecule has 242 valence electrons. The molecule has 0 fully saturated rings. The number of allylic oxidation sites excluding steroid dienone is 3. The minimum atomic E-state index is -1.03. The first kappa shape index (κ1) is 36.7. The lowest BCUT2D eigenvalue weighted by Gasteiger charge is -2.27. The molecule has 2 aromatic carbocycles. The molecule has 0 atom stereocenters. The number of rotatable bonds is 13. The van der Waals surface area contributed by atoms with Crippen LogP contribution in [0, 0.1) is 5.41 Å². The lowest BCUT2D eigenvalue weighted by Crippen LogP contribution is -2.17. The van der Waals surface area contributed by atoms with Crippen LogP contribution in [0.15, 0.2) is 60.4 Å². The van der Waals surface area contributed by atoms with E-state index in [0.717, 1.165) is 52.0 Å². The molecule has 0 aromatic heterocycles. The summed E-state index contributed by atoms with van der Waals surface area (Å²) in [5, 5.41) is 9.65. The zero-order valence-corrected chi connectivity index (χ0v) is 29.4. The number of carbonyl (C=O) groups is 1. The zero-order valence-electron chi connectivity index (χ0n) is 29.4. The average Bonchev–Trinajstić information content (AvgIpc) is 2.89. The molecule has 2 aromatic rings. The standard InChI is InChI=1S/C39H56O5/c1-15-16-27-20-32(38(7,8)9)21-29(35(27)43-14)19-31-23-33(39(10,11)12)22-30(36(31)44-24-34(40)41)18-28(26(3)42-13)17-25(2)37(4,5)6/h17,20-23H,2-3,15-16,18-19,24H2,1,4-14H3,(H,40,41)/b28-17-. The van der Waals surface area contributed by atoms with Gasteiger partial charge in [0, 0.05) is 12.8 Å². The number of hydrogen-bond donors (Lipinski definition) is 1. The van der Waals surface area contributed by atoms with Gasteiger partial charge in [-0.1, -0.05) is 119 Å². The lowest BCUT2D eigenvalue weighted by molar-refractivity contribution is -0.139. The SMILES string of the molecule is C=C(OC)/C(=C\C(=C)C(C)(C)C)Cc1cc(C(C)(C)C)cc(Cc2cc(C(C)(C)C)cc(CCC)c2OC)c1OCC(=O)O. The van der Waals surface area contributed by atoms with Gasteiger partial charge in [-0.3, -0.25) is 0 Å². The summed E-state index contributed by atoms with van der Waals surface area (Å²) in [6.45, 7) is 29.7. The Balaban J connectivity index is 2.94. The normalized spacial score (nSPS) is 12.6. The van der Waals surface area contributed by atoms with Gasteiger partial charge < -0.3 is 19.3 Å². The molecule has 0 amide bonds. The number of methoxy groups -OCH3 is 2. The minimum absolute atomic E-state index is 0.0553. The molecule has 0 bridgehead atoms. The van der Waals surface area contributed by atoms with Crippen molar-refractivity contribution in [1.29, 1.82) is 0 Å². The average molecular weight is 605 g/mol. The Labute approximate surface area is 267 Å². The second kappa shape index (κ2) is 14.5. The summed E-state index contributed by atoms with van der Waals surface area (Å²) in [6, 6.07) is 8.78. The van der Waals surface area contributed by atoms with E-state index in [9.17, 15) is 9.90 Å². The molecule has 0 saturated heterocycles. The summed E-state index contributed by atoms with van der Waals surface area (Å²) in [4.78, 5) is 11.8. The summed E-state index contributed by atoms with van der Waals surface area (Å²) < 4.78 is 17.8. The van der Waals surface area contributed by atoms with E-state index >= 15 is 0 Å². The molecule has 0 unspecified atom stereocenters. The van der Waals surface area contributed by atoms with Gasteiger partial charge in [0.25, 0.3) is 0 Å². The van der Waals surface area contributed by atoms with Gasteiger partial charge in [0.1, 0.15) is 17.3 Å². The highest BCUT2D eigenvalue weighted by Gasteiger charge is 2.25. The fourth-order valence-corrected chi connectivity index (χ4v) is 5.00. The maximum Gasteiger partial charge on any atom is 0.341 e. The maximum absolute atomic E-state index is 11.8. The van der Waals surface area contributed by atoms with Gasteiger partial charge >= 0.3 is 5.97 Å². The molecular weight excluding hydrogens is 548 g/mol. The van der Waals surface area contributed by atoms with Gasteiger partial charge in [0.15, 0.2) is 6.61 Å². The van der Waals surface area contributed by atoms with Crippen molar-refractivity contribution in [3.63, 3.8) is 0 Å². The third-order valence-electron chi connectivity index (χ3n) is 7.96. The number of benzene rings is 2. The van der Waals surface area contributed by atoms with E-state index in [1.165, 1.54) is 11.1 Å². The Morgan fingerprint density at radius 3 is 1.75 bits per heavy atom. The van der Waals surface area contributed by atoms with Crippen LogP contribution in [-0.4, -0.2) is 31.9 Å². The van der Waals surface area contributed by atoms with Crippen molar-refractivity contribution in [3.8, 4) is 11.5 Å². The Morgan fingerprint density at radius 1 is 0.818 bits per heavy atom. The fourth-order valence-electron chi connectivity index (χ4n) is 5.00. The van der Waals surface area contributed by atoms with Crippen molar-refractivity contribution >= 4 is 5.97 Å². The topological polar surface area (TPSA) is 65.0 Å². The van der Waals surface area contributed by atoms with Crippen LogP contribution in [0.2, 0.25) is 0 Å². The zero-order chi connectivity index (χ0) is 33.6. The Kier molecular flexibility index (Phi) is 12.1. The molecule has 5 heteroatoms. The smallest absolute Gasteiger partial charge is 0.341 e. The molecule has 0 heterocycles. The highest BCUT2D eigenvalue weighted by atomic mass is 16.5. The molecular formula is C39H56O5. The Morgan fingerprint density at radius 2 is 1.32 bits per heavy atom. The number of aliphatic carboxylic acids is 1. The molecule has 0 saturated carbocycles. The molecule has 0 aliphatic carbocycles. The van der Waals surface area contributed by atoms with E-state index in [-0.39, 0.29) is 16.2 Å². The van der Waals surface area contributed by atoms with E-state index < -0.39 is 12.6 Å². The van der Waals surface area contributed by atoms with Crippen molar-refractivity contribution < 1.29 is 24.1 Å². The van der Waals surface area contributed by atoms with Crippen LogP contribution in [0.4, 0.5) is 0 Å². The summed E-state index contributed by atoms with van der Waals surface area (Å²) in [6.07, 6.45) is 4.89. The van der Waals surface area contributed by atoms with E-state index in [0.29, 0.717) is 24.4 Å². The first-order valence-corrected chi connectivity index (χ1v) is 15.6. The lowest BCUT2D eigenvalue weighted by atomic mass is 9.81. The molecule has 0 spiro atoms. The Bertz CT molecular complexity index is 1390. The van der Waals surface area contributed by atoms with Gasteiger partial charge in [0.05, 0.1) is 14.2 Å². The van der Waals surface area contributed by atoms with Crippen LogP contribution in [-0.2, 0) is 39.6 Å². The monoisotopic (exact) mass is 604 g/mol. The summed E-state index contributed by atoms with van der Waals surface area (Å²) >= 11 is 0. The molecule has 0 aliphatic rings. The number of carboxylic acids is 1. The molecule has 5 nitrogen and oxygen atoms in total. The van der Waals surface area contributed by atoms with E-state index in [1.54, 1.807) is 14.2 Å². The van der Waals surface area contributed by atoms with Crippen molar-refractivity contribution in [2.45, 2.75) is 106 Å². The molecule has 0 radical (unpaired) electrons. The highest BCUT2D eigenvalue weighted by Crippen LogP contribution is 2.39. The Hall–Kier alpha value is -3.47. The van der Waals surface area contributed by atoms with Crippen LogP contribution in [0.3, 0.4) is 0 Å². The van der Waals surface area contributed by atoms with Crippen LogP contribution in [0.1, 0.15) is 109 Å². The second-order valence-corrected chi connectivity index (χ2v) is 14.8. The quantitative estimate of drug-likeness (QED) is 0.182. The first-order chi connectivity index (χ1) is 20.2. The van der Waals surface area contributed by atoms with Crippen LogP contribution < -0.4 is 9.47 Å². The third kappa shape index (κ3) is 9.77. The highest BCUT2D eigenvalue weighted by molar-refractivity contribution is 5.69. The van der Waals surface area contributed by atoms with Crippen LogP contribution >= 0.6 is 0 Å². The summed E-state index contributed by atoms with van der Waals surface area (Å²) in [7, 11) is 3.33. The van der Waals surface area contributed by atoms with E-state index in [4.69, 9.17) is 14.2 Å². The number of hydrogen-bond acceptors (Lipinski definition) is 4. The third-order valence-corrected chi connectivity index (χ3v) is 7.96. The van der Waals surface area contributed by atoms with Crippen molar-refractivity contribution in [1.82, 2.24) is 0 Å². The molecule has 0 aliphatic heterocycles. The van der Waals surface area contributed by atoms with Crippen LogP contribution in [0.25, 0.3) is 0 Å². The van der Waals surface area contributed by atoms with Gasteiger partial charge in [-0.25, -0.2) is 4.79 Å². The van der Waals surface area contributed by atoms with Gasteiger partial charge in [-0.05, 0) is 67.2 Å². The largest absolute Gasteiger partial charge is 0.497 e. The second-order valence-electron chi connectivity index (χ2n) is 14.8. The first-order valence-electron chi connectivity index (χ1n) is 15.6. The van der Waals surface area contributed by atoms with Crippen molar-refractivity contribution in [2.24, 2.45) is 5.41 Å². The fraction of sp³-hybridized carbons (Fsp3) is 0.513. The van der Waals surface area contributed by atoms with E-state index in [1.807, 2.05) is 6.08 Å². The predicted octanol–water partition coefficient (Wildman–Crippen LogP) is 9.53. The minimum Gasteiger partial charge on any atom is -0.497 e. The summed E-state index contributed by atoms with van der Waals surface area (Å²) in [5.41, 5.74) is 7.82. The van der Waals surface area contributed by atoms with E-state index in [2.05, 4.69) is 107 Å². The van der Waals surface area contributed by atoms with Crippen molar-refractivity contribution in [2.75, 3.05) is 20.8 Å². The number of aryl methyl sites for hydroxylation is 1. The van der Waals surface area contributed by atoms with Crippen LogP contribution in [0.5, 0.6) is 11.5 Å². The molecule has 44 heavy (non-hydrogen) atoms. The molecule has 2 rings (SSSR count). The van der Waals surface area contributed by atoms with Gasteiger partial charge in [-0.15, -0.1) is 0 Å². The predicted molar refractivity (Wildman–Crippen MR) is 183 cm³/mol. The van der Waals surface area contributed by atoms with Gasteiger partial charge in [0.2, 0.25) is 0 Å². The van der Waals surface area contributed by atoms with Crippen molar-refractivity contribution in [3.05, 3.63) is 93.8 Å². The maximum atomic E-state index is 11.8. The molecule has 1 N–H and O–H groups in total. The van der Waals surface area contributed by atoms with Gasteiger partial charge in [-0.2, -0.15) is 0 Å².